The molecule has 2 rings (SSSR count). The second-order valence-electron chi connectivity index (χ2n) is 6.85. The van der Waals surface area contributed by atoms with Crippen LogP contribution >= 0.6 is 0 Å². The first kappa shape index (κ1) is 17.3. The van der Waals surface area contributed by atoms with Gasteiger partial charge in [-0.15, -0.1) is 0 Å². The third kappa shape index (κ3) is 5.59. The zero-order chi connectivity index (χ0) is 15.8. The predicted molar refractivity (Wildman–Crippen MR) is 87.4 cm³/mol. The van der Waals surface area contributed by atoms with Gasteiger partial charge in [-0.3, -0.25) is 9.59 Å². The zero-order valence-electron chi connectivity index (χ0n) is 13.9. The molecule has 22 heavy (non-hydrogen) atoms. The topological polar surface area (TPSA) is 61.4 Å². The van der Waals surface area contributed by atoms with Crippen LogP contribution in [0.1, 0.15) is 51.4 Å². The fraction of sp³-hybridized carbons (Fsp3) is 0.882. The van der Waals surface area contributed by atoms with Gasteiger partial charge in [0.25, 0.3) is 0 Å². The SMILES string of the molecule is CNCC1CCN(C(=O)CNC(=O)CCC2CCCC2)CC1. The molecule has 0 aromatic rings. The van der Waals surface area contributed by atoms with Crippen molar-refractivity contribution in [2.75, 3.05) is 33.2 Å². The number of nitrogens with zero attached hydrogens (tertiary/aromatic N) is 1. The van der Waals surface area contributed by atoms with Gasteiger partial charge in [0.05, 0.1) is 6.54 Å². The summed E-state index contributed by atoms with van der Waals surface area (Å²) in [5.74, 6) is 1.50. The standard InChI is InChI=1S/C17H31N3O2/c1-18-12-15-8-10-20(11-9-15)17(22)13-19-16(21)7-6-14-4-2-3-5-14/h14-15,18H,2-13H2,1H3,(H,19,21). The van der Waals surface area contributed by atoms with Crippen LogP contribution in [0.15, 0.2) is 0 Å². The molecule has 0 atom stereocenters. The molecule has 1 aliphatic heterocycles. The van der Waals surface area contributed by atoms with E-state index in [4.69, 9.17) is 0 Å². The van der Waals surface area contributed by atoms with Gasteiger partial charge in [-0.25, -0.2) is 0 Å². The van der Waals surface area contributed by atoms with Crippen LogP contribution in [0.4, 0.5) is 0 Å². The van der Waals surface area contributed by atoms with Gasteiger partial charge in [0.15, 0.2) is 0 Å². The van der Waals surface area contributed by atoms with E-state index in [1.54, 1.807) is 0 Å². The summed E-state index contributed by atoms with van der Waals surface area (Å²) in [5.41, 5.74) is 0. The lowest BCUT2D eigenvalue weighted by molar-refractivity contribution is -0.134. The molecule has 126 valence electrons. The van der Waals surface area contributed by atoms with Gasteiger partial charge in [0.1, 0.15) is 0 Å². The van der Waals surface area contributed by atoms with Crippen molar-refractivity contribution >= 4 is 11.8 Å². The number of hydrogen-bond acceptors (Lipinski definition) is 3. The molecule has 2 amide bonds. The minimum absolute atomic E-state index is 0.0327. The van der Waals surface area contributed by atoms with E-state index in [-0.39, 0.29) is 18.4 Å². The van der Waals surface area contributed by atoms with Crippen molar-refractivity contribution in [3.8, 4) is 0 Å². The maximum absolute atomic E-state index is 12.1. The Balaban J connectivity index is 1.57. The van der Waals surface area contributed by atoms with Crippen molar-refractivity contribution in [1.82, 2.24) is 15.5 Å². The molecule has 5 nitrogen and oxygen atoms in total. The molecule has 2 fully saturated rings. The quantitative estimate of drug-likeness (QED) is 0.750. The van der Waals surface area contributed by atoms with Gasteiger partial charge in [-0.1, -0.05) is 25.7 Å². The number of piperidine rings is 1. The molecule has 0 aromatic carbocycles. The fourth-order valence-electron chi connectivity index (χ4n) is 3.68. The number of amides is 2. The van der Waals surface area contributed by atoms with E-state index < -0.39 is 0 Å². The molecule has 1 heterocycles. The summed E-state index contributed by atoms with van der Waals surface area (Å²) >= 11 is 0. The average Bonchev–Trinajstić information content (AvgIpc) is 3.05. The first-order chi connectivity index (χ1) is 10.7. The van der Waals surface area contributed by atoms with E-state index >= 15 is 0 Å². The van der Waals surface area contributed by atoms with Crippen molar-refractivity contribution in [3.05, 3.63) is 0 Å². The number of likely N-dealkylation sites (tertiary alicyclic amines) is 1. The summed E-state index contributed by atoms with van der Waals surface area (Å²) in [4.78, 5) is 25.8. The molecule has 0 radical (unpaired) electrons. The lowest BCUT2D eigenvalue weighted by atomic mass is 9.97. The highest BCUT2D eigenvalue weighted by Crippen LogP contribution is 2.28. The number of nitrogens with one attached hydrogen (secondary N) is 2. The largest absolute Gasteiger partial charge is 0.347 e. The van der Waals surface area contributed by atoms with Crippen LogP contribution in [-0.4, -0.2) is 49.9 Å². The summed E-state index contributed by atoms with van der Waals surface area (Å²) in [7, 11) is 1.97. The van der Waals surface area contributed by atoms with E-state index in [0.717, 1.165) is 44.8 Å². The molecule has 2 aliphatic rings. The fourth-order valence-corrected chi connectivity index (χ4v) is 3.68. The molecule has 1 saturated carbocycles. The van der Waals surface area contributed by atoms with Crippen LogP contribution in [0.3, 0.4) is 0 Å². The maximum Gasteiger partial charge on any atom is 0.241 e. The Bertz CT molecular complexity index is 359. The molecule has 0 spiro atoms. The lowest BCUT2D eigenvalue weighted by Gasteiger charge is -2.32. The molecule has 2 N–H and O–H groups in total. The molecule has 1 saturated heterocycles. The lowest BCUT2D eigenvalue weighted by Crippen LogP contribution is -2.45. The Kier molecular flexibility index (Phi) is 7.16. The van der Waals surface area contributed by atoms with E-state index in [2.05, 4.69) is 10.6 Å². The van der Waals surface area contributed by atoms with E-state index in [9.17, 15) is 9.59 Å². The summed E-state index contributed by atoms with van der Waals surface area (Å²) in [5, 5.41) is 6.00. The Morgan fingerprint density at radius 1 is 1.05 bits per heavy atom. The first-order valence-corrected chi connectivity index (χ1v) is 8.88. The molecule has 0 unspecified atom stereocenters. The number of rotatable bonds is 7. The van der Waals surface area contributed by atoms with Gasteiger partial charge in [0, 0.05) is 19.5 Å². The molecular weight excluding hydrogens is 278 g/mol. The van der Waals surface area contributed by atoms with Gasteiger partial charge in [-0.05, 0) is 44.7 Å². The highest BCUT2D eigenvalue weighted by molar-refractivity contribution is 5.84. The van der Waals surface area contributed by atoms with E-state index in [1.807, 2.05) is 11.9 Å². The van der Waals surface area contributed by atoms with Crippen molar-refractivity contribution in [2.45, 2.75) is 51.4 Å². The minimum Gasteiger partial charge on any atom is -0.347 e. The van der Waals surface area contributed by atoms with Crippen molar-refractivity contribution in [2.24, 2.45) is 11.8 Å². The average molecular weight is 309 g/mol. The maximum atomic E-state index is 12.1. The van der Waals surface area contributed by atoms with Crippen LogP contribution in [0.5, 0.6) is 0 Å². The van der Waals surface area contributed by atoms with Crippen LogP contribution in [0, 0.1) is 11.8 Å². The Labute approximate surface area is 134 Å². The van der Waals surface area contributed by atoms with Gasteiger partial charge >= 0.3 is 0 Å². The van der Waals surface area contributed by atoms with E-state index in [0.29, 0.717) is 12.3 Å². The summed E-state index contributed by atoms with van der Waals surface area (Å²) in [6.07, 6.45) is 8.84. The first-order valence-electron chi connectivity index (χ1n) is 8.88. The third-order valence-electron chi connectivity index (χ3n) is 5.15. The second kappa shape index (κ2) is 9.13. The van der Waals surface area contributed by atoms with Crippen LogP contribution in [-0.2, 0) is 9.59 Å². The van der Waals surface area contributed by atoms with Crippen LogP contribution in [0.25, 0.3) is 0 Å². The van der Waals surface area contributed by atoms with Crippen molar-refractivity contribution < 1.29 is 9.59 Å². The number of hydrogen-bond donors (Lipinski definition) is 2. The van der Waals surface area contributed by atoms with Gasteiger partial charge < -0.3 is 15.5 Å². The Hall–Kier alpha value is -1.10. The molecule has 5 heteroatoms. The predicted octanol–water partition coefficient (Wildman–Crippen LogP) is 1.53. The van der Waals surface area contributed by atoms with Gasteiger partial charge in [-0.2, -0.15) is 0 Å². The van der Waals surface area contributed by atoms with Crippen molar-refractivity contribution in [1.29, 1.82) is 0 Å². The highest BCUT2D eigenvalue weighted by atomic mass is 16.2. The normalized spacial score (nSPS) is 20.3. The monoisotopic (exact) mass is 309 g/mol. The van der Waals surface area contributed by atoms with E-state index in [1.165, 1.54) is 25.7 Å². The minimum atomic E-state index is 0.0327. The van der Waals surface area contributed by atoms with Crippen LogP contribution in [0.2, 0.25) is 0 Å². The van der Waals surface area contributed by atoms with Gasteiger partial charge in [0.2, 0.25) is 11.8 Å². The Morgan fingerprint density at radius 2 is 1.73 bits per heavy atom. The zero-order valence-corrected chi connectivity index (χ0v) is 13.9. The summed E-state index contributed by atoms with van der Waals surface area (Å²) < 4.78 is 0. The highest BCUT2D eigenvalue weighted by Gasteiger charge is 2.22. The second-order valence-corrected chi connectivity index (χ2v) is 6.85. The van der Waals surface area contributed by atoms with Crippen molar-refractivity contribution in [3.63, 3.8) is 0 Å². The summed E-state index contributed by atoms with van der Waals surface area (Å²) in [6, 6.07) is 0. The summed E-state index contributed by atoms with van der Waals surface area (Å²) in [6.45, 7) is 2.84. The molecule has 0 aromatic heterocycles. The molecule has 0 bridgehead atoms. The third-order valence-corrected chi connectivity index (χ3v) is 5.15. The molecule has 1 aliphatic carbocycles. The number of carbonyl (C=O) groups is 2. The Morgan fingerprint density at radius 3 is 2.36 bits per heavy atom. The van der Waals surface area contributed by atoms with Crippen LogP contribution < -0.4 is 10.6 Å². The number of carbonyl (C=O) groups excluding carboxylic acids is 2. The molecular formula is C17H31N3O2. The smallest absolute Gasteiger partial charge is 0.241 e.